The minimum absolute atomic E-state index is 0.0575. The number of hydrogen-bond acceptors (Lipinski definition) is 6. The van der Waals surface area contributed by atoms with Crippen molar-refractivity contribution in [2.45, 2.75) is 44.6 Å². The van der Waals surface area contributed by atoms with Crippen molar-refractivity contribution in [1.82, 2.24) is 10.7 Å². The summed E-state index contributed by atoms with van der Waals surface area (Å²) in [4.78, 5) is 10.8. The molecule has 1 aliphatic carbocycles. The summed E-state index contributed by atoms with van der Waals surface area (Å²) in [5.41, 5.74) is 5.59. The number of hydrogen-bond donors (Lipinski definition) is 2. The molecule has 1 fully saturated rings. The lowest BCUT2D eigenvalue weighted by Gasteiger charge is -2.22. The minimum Gasteiger partial charge on any atom is -0.490 e. The van der Waals surface area contributed by atoms with Gasteiger partial charge >= 0.3 is 0 Å². The van der Waals surface area contributed by atoms with Crippen LogP contribution < -0.4 is 20.2 Å². The van der Waals surface area contributed by atoms with E-state index in [1.54, 1.807) is 6.07 Å². The highest BCUT2D eigenvalue weighted by Gasteiger charge is 2.15. The molecule has 4 rings (SSSR count). The first kappa shape index (κ1) is 27.1. The van der Waals surface area contributed by atoms with Crippen LogP contribution in [0.15, 0.2) is 77.9 Å². The van der Waals surface area contributed by atoms with Crippen LogP contribution in [0.5, 0.6) is 11.5 Å². The van der Waals surface area contributed by atoms with Gasteiger partial charge in [0.15, 0.2) is 5.11 Å². The Kier molecular flexibility index (Phi) is 10.0. The smallest absolute Gasteiger partial charge is 0.270 e. The third-order valence-electron chi connectivity index (χ3n) is 6.44. The van der Waals surface area contributed by atoms with Crippen LogP contribution in [0.1, 0.15) is 54.7 Å². The maximum Gasteiger partial charge on any atom is 0.270 e. The molecule has 0 saturated heterocycles. The van der Waals surface area contributed by atoms with E-state index in [4.69, 9.17) is 21.7 Å². The summed E-state index contributed by atoms with van der Waals surface area (Å²) in [6.45, 7) is 1.16. The van der Waals surface area contributed by atoms with Crippen molar-refractivity contribution in [3.8, 4) is 11.5 Å². The van der Waals surface area contributed by atoms with Crippen molar-refractivity contribution in [3.63, 3.8) is 0 Å². The van der Waals surface area contributed by atoms with E-state index in [2.05, 4.69) is 28.0 Å². The predicted octanol–water partition coefficient (Wildman–Crippen LogP) is 6.10. The van der Waals surface area contributed by atoms with Crippen LogP contribution in [0.3, 0.4) is 0 Å². The molecule has 0 aromatic heterocycles. The average molecular weight is 533 g/mol. The van der Waals surface area contributed by atoms with Gasteiger partial charge in [0.05, 0.1) is 11.1 Å². The summed E-state index contributed by atoms with van der Waals surface area (Å²) in [5.74, 6) is 1.91. The summed E-state index contributed by atoms with van der Waals surface area (Å²) in [6.07, 6.45) is 7.94. The number of benzene rings is 3. The number of hydrazone groups is 1. The van der Waals surface area contributed by atoms with Gasteiger partial charge < -0.3 is 14.8 Å². The Balaban J connectivity index is 1.28. The van der Waals surface area contributed by atoms with E-state index in [-0.39, 0.29) is 12.3 Å². The summed E-state index contributed by atoms with van der Waals surface area (Å²) < 4.78 is 11.7. The molecule has 3 aromatic rings. The van der Waals surface area contributed by atoms with Crippen LogP contribution in [-0.2, 0) is 6.54 Å². The normalized spacial score (nSPS) is 13.7. The van der Waals surface area contributed by atoms with Gasteiger partial charge in [-0.1, -0.05) is 61.7 Å². The van der Waals surface area contributed by atoms with Gasteiger partial charge in [-0.05, 0) is 60.3 Å². The topological polar surface area (TPSA) is 98.0 Å². The lowest BCUT2D eigenvalue weighted by atomic mass is 9.84. The van der Waals surface area contributed by atoms with Gasteiger partial charge in [0, 0.05) is 24.2 Å². The summed E-state index contributed by atoms with van der Waals surface area (Å²) in [6, 6.07) is 22.5. The average Bonchev–Trinajstić information content (AvgIpc) is 2.96. The molecule has 0 radical (unpaired) electrons. The second-order valence-electron chi connectivity index (χ2n) is 9.12. The Bertz CT molecular complexity index is 1230. The zero-order chi connectivity index (χ0) is 26.6. The number of rotatable bonds is 11. The molecular weight excluding hydrogens is 500 g/mol. The third kappa shape index (κ3) is 8.27. The van der Waals surface area contributed by atoms with E-state index in [1.165, 1.54) is 56.0 Å². The predicted molar refractivity (Wildman–Crippen MR) is 153 cm³/mol. The molecule has 8 nitrogen and oxygen atoms in total. The number of nitro benzene ring substituents is 1. The summed E-state index contributed by atoms with van der Waals surface area (Å²) in [7, 11) is 0. The van der Waals surface area contributed by atoms with Crippen molar-refractivity contribution in [2.75, 3.05) is 13.2 Å². The maximum atomic E-state index is 11.3. The fraction of sp³-hybridized carbons (Fsp3) is 0.310. The molecule has 198 valence electrons. The molecule has 0 heterocycles. The molecule has 2 N–H and O–H groups in total. The lowest BCUT2D eigenvalue weighted by molar-refractivity contribution is -0.384. The van der Waals surface area contributed by atoms with Gasteiger partial charge in [0.2, 0.25) is 0 Å². The fourth-order valence-electron chi connectivity index (χ4n) is 4.44. The molecule has 0 atom stereocenters. The first-order chi connectivity index (χ1) is 18.6. The number of nitrogens with zero attached hydrogens (tertiary/aromatic N) is 2. The van der Waals surface area contributed by atoms with Crippen LogP contribution >= 0.6 is 12.2 Å². The zero-order valence-corrected chi connectivity index (χ0v) is 22.0. The Labute approximate surface area is 228 Å². The summed E-state index contributed by atoms with van der Waals surface area (Å²) >= 11 is 5.25. The molecule has 1 saturated carbocycles. The van der Waals surface area contributed by atoms with Gasteiger partial charge in [0.1, 0.15) is 24.7 Å². The maximum absolute atomic E-state index is 11.3. The van der Waals surface area contributed by atoms with E-state index >= 15 is 0 Å². The van der Waals surface area contributed by atoms with Crippen LogP contribution in [0, 0.1) is 10.1 Å². The van der Waals surface area contributed by atoms with Crippen molar-refractivity contribution in [2.24, 2.45) is 5.10 Å². The van der Waals surface area contributed by atoms with Gasteiger partial charge in [-0.2, -0.15) is 5.10 Å². The standard InChI is InChI=1S/C29H32N4O4S/c34-33(35)26-13-16-28(25(19-26)21-31-32-29(38)30-20-22-7-3-1-4-8-22)37-18-17-36-27-14-11-24(12-15-27)23-9-5-2-6-10-23/h1,3-4,7-8,11-16,19,21,23H,2,5-6,9-10,17-18,20H2,(H2,30,32,38)/b31-21-. The summed E-state index contributed by atoms with van der Waals surface area (Å²) in [5, 5.41) is 18.8. The van der Waals surface area contributed by atoms with Gasteiger partial charge in [-0.3, -0.25) is 15.5 Å². The zero-order valence-electron chi connectivity index (χ0n) is 21.2. The molecular formula is C29H32N4O4S. The molecule has 0 amide bonds. The molecule has 0 unspecified atom stereocenters. The van der Waals surface area contributed by atoms with Gasteiger partial charge in [0.25, 0.3) is 5.69 Å². The molecule has 9 heteroatoms. The lowest BCUT2D eigenvalue weighted by Crippen LogP contribution is -2.31. The molecule has 1 aliphatic rings. The fourth-order valence-corrected chi connectivity index (χ4v) is 4.57. The van der Waals surface area contributed by atoms with Crippen LogP contribution in [0.2, 0.25) is 0 Å². The van der Waals surface area contributed by atoms with E-state index in [0.29, 0.717) is 35.5 Å². The van der Waals surface area contributed by atoms with Gasteiger partial charge in [-0.25, -0.2) is 0 Å². The highest BCUT2D eigenvalue weighted by atomic mass is 32.1. The van der Waals surface area contributed by atoms with Crippen molar-refractivity contribution in [1.29, 1.82) is 0 Å². The monoisotopic (exact) mass is 532 g/mol. The van der Waals surface area contributed by atoms with Crippen LogP contribution in [0.25, 0.3) is 0 Å². The van der Waals surface area contributed by atoms with Crippen molar-refractivity contribution >= 4 is 29.2 Å². The largest absolute Gasteiger partial charge is 0.490 e. The highest BCUT2D eigenvalue weighted by Crippen LogP contribution is 2.33. The van der Waals surface area contributed by atoms with Crippen LogP contribution in [-0.4, -0.2) is 29.5 Å². The SMILES string of the molecule is O=[N+]([O-])c1ccc(OCCOc2ccc(C3CCCCC3)cc2)c(/C=N\NC(=S)NCc2ccccc2)c1. The Morgan fingerprint density at radius 1 is 1.00 bits per heavy atom. The molecule has 0 spiro atoms. The molecule has 0 aliphatic heterocycles. The first-order valence-electron chi connectivity index (χ1n) is 12.8. The van der Waals surface area contributed by atoms with E-state index in [9.17, 15) is 10.1 Å². The van der Waals surface area contributed by atoms with E-state index < -0.39 is 4.92 Å². The minimum atomic E-state index is -0.458. The molecule has 38 heavy (non-hydrogen) atoms. The first-order valence-corrected chi connectivity index (χ1v) is 13.2. The van der Waals surface area contributed by atoms with E-state index in [1.807, 2.05) is 42.5 Å². The van der Waals surface area contributed by atoms with Gasteiger partial charge in [-0.15, -0.1) is 0 Å². The quantitative estimate of drug-likeness (QED) is 0.101. The Hall–Kier alpha value is -3.98. The number of nitrogens with one attached hydrogen (secondary N) is 2. The Morgan fingerprint density at radius 2 is 1.74 bits per heavy atom. The number of non-ortho nitro benzene ring substituents is 1. The highest BCUT2D eigenvalue weighted by molar-refractivity contribution is 7.80. The number of ether oxygens (including phenoxy) is 2. The molecule has 3 aromatic carbocycles. The van der Waals surface area contributed by atoms with Crippen molar-refractivity contribution < 1.29 is 14.4 Å². The van der Waals surface area contributed by atoms with E-state index in [0.717, 1.165) is 11.3 Å². The van der Waals surface area contributed by atoms with Crippen molar-refractivity contribution in [3.05, 3.63) is 99.6 Å². The number of nitro groups is 1. The molecule has 0 bridgehead atoms. The van der Waals surface area contributed by atoms with Crippen LogP contribution in [0.4, 0.5) is 5.69 Å². The second-order valence-corrected chi connectivity index (χ2v) is 9.53. The number of thiocarbonyl (C=S) groups is 1. The third-order valence-corrected chi connectivity index (χ3v) is 6.67. The second kappa shape index (κ2) is 14.1. The Morgan fingerprint density at radius 3 is 2.47 bits per heavy atom.